The second-order valence-corrected chi connectivity index (χ2v) is 22.7. The lowest BCUT2D eigenvalue weighted by Crippen LogP contribution is -2.59. The van der Waals surface area contributed by atoms with E-state index in [1.165, 1.54) is 28.0 Å². The predicted molar refractivity (Wildman–Crippen MR) is 297 cm³/mol. The van der Waals surface area contributed by atoms with E-state index in [0.29, 0.717) is 10.0 Å². The molecule has 3 aromatic carbocycles. The molecule has 0 unspecified atom stereocenters. The van der Waals surface area contributed by atoms with Crippen LogP contribution in [0.1, 0.15) is 126 Å². The summed E-state index contributed by atoms with van der Waals surface area (Å²) < 4.78 is 0. The third-order valence-electron chi connectivity index (χ3n) is 13.8. The molecule has 5 rings (SSSR count). The van der Waals surface area contributed by atoms with E-state index in [0.717, 1.165) is 11.1 Å². The van der Waals surface area contributed by atoms with Crippen molar-refractivity contribution in [2.45, 2.75) is 142 Å². The van der Waals surface area contributed by atoms with Gasteiger partial charge in [0.2, 0.25) is 35.4 Å². The highest BCUT2D eigenvalue weighted by Gasteiger charge is 2.48. The lowest BCUT2D eigenvalue weighted by molar-refractivity contribution is -0.144. The summed E-state index contributed by atoms with van der Waals surface area (Å²) in [7, 11) is 3.25. The van der Waals surface area contributed by atoms with Crippen LogP contribution in [-0.4, -0.2) is 133 Å². The molecular formula is C54H76Cl3N11O8. The first-order valence-electron chi connectivity index (χ1n) is 25.2. The van der Waals surface area contributed by atoms with Gasteiger partial charge in [0.25, 0.3) is 11.8 Å². The first kappa shape index (κ1) is 62.5. The number of nitrogens with one attached hydrogen (secondary N) is 8. The van der Waals surface area contributed by atoms with E-state index in [1.54, 1.807) is 132 Å². The van der Waals surface area contributed by atoms with Crippen molar-refractivity contribution in [2.24, 2.45) is 10.8 Å². The van der Waals surface area contributed by atoms with Gasteiger partial charge in [0, 0.05) is 52.0 Å². The number of halogens is 3. The van der Waals surface area contributed by atoms with Gasteiger partial charge in [0.1, 0.15) is 24.2 Å². The summed E-state index contributed by atoms with van der Waals surface area (Å²) in [5.41, 5.74) is 6.41. The Balaban J connectivity index is 0.0000125. The number of anilines is 1. The van der Waals surface area contributed by atoms with Gasteiger partial charge in [-0.2, -0.15) is 0 Å². The van der Waals surface area contributed by atoms with Crippen molar-refractivity contribution in [1.29, 1.82) is 0 Å². The topological polar surface area (TPSA) is 265 Å². The maximum absolute atomic E-state index is 14.6. The second kappa shape index (κ2) is 26.4. The Morgan fingerprint density at radius 1 is 0.553 bits per heavy atom. The molecule has 416 valence electrons. The minimum Gasteiger partial charge on any atom is -0.399 e. The average Bonchev–Trinajstić information content (AvgIpc) is 3.98. The molecular weight excluding hydrogens is 1040 g/mol. The highest BCUT2D eigenvalue weighted by atomic mass is 35.5. The van der Waals surface area contributed by atoms with Crippen LogP contribution in [0.4, 0.5) is 5.69 Å². The maximum Gasteiger partial charge on any atom is 0.251 e. The fraction of sp³-hybridized carbons (Fsp3) is 0.519. The molecule has 22 heteroatoms. The van der Waals surface area contributed by atoms with E-state index in [2.05, 4.69) is 42.5 Å². The maximum atomic E-state index is 14.6. The van der Waals surface area contributed by atoms with Crippen molar-refractivity contribution in [3.8, 4) is 0 Å². The van der Waals surface area contributed by atoms with Gasteiger partial charge >= 0.3 is 0 Å². The van der Waals surface area contributed by atoms with Crippen LogP contribution in [0.3, 0.4) is 0 Å². The number of nitrogen functional groups attached to an aromatic ring is 1. The number of benzene rings is 3. The van der Waals surface area contributed by atoms with E-state index in [-0.39, 0.29) is 55.2 Å². The molecule has 76 heavy (non-hydrogen) atoms. The third-order valence-corrected chi connectivity index (χ3v) is 14.3. The number of likely N-dealkylation sites (tertiary alicyclic amines) is 2. The minimum atomic E-state index is -1.06. The molecule has 0 spiro atoms. The number of nitrogens with zero attached hydrogens (tertiary/aromatic N) is 2. The van der Waals surface area contributed by atoms with Gasteiger partial charge in [-0.15, -0.1) is 12.4 Å². The molecule has 10 N–H and O–H groups in total. The molecule has 0 aromatic heterocycles. The van der Waals surface area contributed by atoms with E-state index >= 15 is 0 Å². The molecule has 0 aliphatic carbocycles. The molecule has 2 heterocycles. The van der Waals surface area contributed by atoms with E-state index < -0.39 is 119 Å². The summed E-state index contributed by atoms with van der Waals surface area (Å²) in [5, 5.41) is 24.4. The highest BCUT2D eigenvalue weighted by Crippen LogP contribution is 2.30. The zero-order valence-corrected chi connectivity index (χ0v) is 47.7. The molecule has 3 aromatic rings. The minimum absolute atomic E-state index is 0. The number of rotatable bonds is 18. The fourth-order valence-electron chi connectivity index (χ4n) is 9.03. The van der Waals surface area contributed by atoms with Gasteiger partial charge in [-0.3, -0.25) is 38.4 Å². The number of carbonyl (C=O) groups excluding carboxylic acids is 8. The normalized spacial score (nSPS) is 19.9. The summed E-state index contributed by atoms with van der Waals surface area (Å²) in [6.45, 7) is 17.6. The summed E-state index contributed by atoms with van der Waals surface area (Å²) in [6.07, 6.45) is 0.0326. The number of carbonyl (C=O) groups is 8. The van der Waals surface area contributed by atoms with Gasteiger partial charge in [-0.05, 0) is 119 Å². The quantitative estimate of drug-likeness (QED) is 0.0805. The van der Waals surface area contributed by atoms with Crippen LogP contribution in [0.15, 0.2) is 66.7 Å². The lowest BCUT2D eigenvalue weighted by atomic mass is 9.85. The Bertz CT molecular complexity index is 2420. The molecule has 19 nitrogen and oxygen atoms in total. The van der Waals surface area contributed by atoms with E-state index in [1.807, 2.05) is 0 Å². The van der Waals surface area contributed by atoms with Crippen LogP contribution in [0.2, 0.25) is 10.0 Å². The smallest absolute Gasteiger partial charge is 0.251 e. The SMILES string of the molecule is CN[C@@H](C)C(=O)N[C@H](C(=O)N1C[C@@H](NC(=O)c2cc(N)cc(C(=O)N[C@H]3C[C@@H](C(=O)N[C@H](C)c4ccc(Cl)cc4)N(C(=O)[C@@H](NC(=O)[C@H](C)NC)C(C)(C)C)C3)c2)C[C@H]1C(=O)N[C@H](C)c1ccc(Cl)cc1)C(C)(C)C.Cl. The molecule has 8 amide bonds. The average molecular weight is 1110 g/mol. The summed E-state index contributed by atoms with van der Waals surface area (Å²) in [6, 6.07) is 10.2. The Kier molecular flexibility index (Phi) is 21.7. The number of hydrogen-bond donors (Lipinski definition) is 9. The standard InChI is InChI=1S/C54H75Cl2N11O8.ClH/c1-28(32-13-17-36(55)18-14-32)60-49(72)41-24-39(26-66(41)51(74)43(53(5,6)7)64-45(68)30(3)58-11)62-47(70)34-21-35(23-38(57)22-34)48(71)63-40-25-42(50(73)61-29(2)33-15-19-37(56)20-16-33)67(27-40)52(75)44(54(8,9)10)65-46(69)31(4)59-12;/h13-23,28-31,39-44,58-59H,24-27,57H2,1-12H3,(H,60,72)(H,61,73)(H,62,70)(H,63,71)(H,64,68)(H,65,69);1H/t28-,29-,30+,31+,39+,40+,41+,42+,43-,44-;/m1./s1. The van der Waals surface area contributed by atoms with Crippen molar-refractivity contribution < 1.29 is 38.4 Å². The van der Waals surface area contributed by atoms with Crippen molar-refractivity contribution in [2.75, 3.05) is 32.9 Å². The van der Waals surface area contributed by atoms with Gasteiger partial charge in [-0.25, -0.2) is 0 Å². The van der Waals surface area contributed by atoms with E-state index in [4.69, 9.17) is 28.9 Å². The summed E-state index contributed by atoms with van der Waals surface area (Å²) >= 11 is 12.2. The zero-order chi connectivity index (χ0) is 55.9. The molecule has 0 bridgehead atoms. The monoisotopic (exact) mass is 1110 g/mol. The number of amides is 8. The van der Waals surface area contributed by atoms with Gasteiger partial charge in [0.05, 0.1) is 24.2 Å². The summed E-state index contributed by atoms with van der Waals surface area (Å²) in [5.74, 6) is -4.07. The van der Waals surface area contributed by atoms with Crippen molar-refractivity contribution in [3.63, 3.8) is 0 Å². The predicted octanol–water partition coefficient (Wildman–Crippen LogP) is 4.43. The van der Waals surface area contributed by atoms with Gasteiger partial charge in [0.15, 0.2) is 0 Å². The van der Waals surface area contributed by atoms with Crippen LogP contribution in [0, 0.1) is 10.8 Å². The van der Waals surface area contributed by atoms with Crippen LogP contribution in [0.5, 0.6) is 0 Å². The van der Waals surface area contributed by atoms with E-state index in [9.17, 15) is 38.4 Å². The molecule has 2 aliphatic rings. The zero-order valence-electron chi connectivity index (χ0n) is 45.4. The van der Waals surface area contributed by atoms with Crippen LogP contribution < -0.4 is 48.3 Å². The number of nitrogens with two attached hydrogens (primary N) is 1. The van der Waals surface area contributed by atoms with Crippen molar-refractivity contribution in [3.05, 3.63) is 99.0 Å². The van der Waals surface area contributed by atoms with Gasteiger partial charge < -0.3 is 58.1 Å². The summed E-state index contributed by atoms with van der Waals surface area (Å²) in [4.78, 5) is 115. The Hall–Kier alpha value is -5.99. The Morgan fingerprint density at radius 2 is 0.882 bits per heavy atom. The molecule has 0 saturated carbocycles. The number of likely N-dealkylation sites (N-methyl/N-ethyl adjacent to an activating group) is 2. The van der Waals surface area contributed by atoms with Crippen LogP contribution in [0.25, 0.3) is 0 Å². The first-order chi connectivity index (χ1) is 35.0. The van der Waals surface area contributed by atoms with Crippen LogP contribution >= 0.6 is 35.6 Å². The fourth-order valence-corrected chi connectivity index (χ4v) is 9.28. The first-order valence-corrected chi connectivity index (χ1v) is 26.0. The molecule has 2 aliphatic heterocycles. The number of hydrogen-bond acceptors (Lipinski definition) is 11. The highest BCUT2D eigenvalue weighted by molar-refractivity contribution is 6.30. The largest absolute Gasteiger partial charge is 0.399 e. The van der Waals surface area contributed by atoms with Crippen LogP contribution in [-0.2, 0) is 28.8 Å². The lowest BCUT2D eigenvalue weighted by Gasteiger charge is -2.36. The van der Waals surface area contributed by atoms with Gasteiger partial charge in [-0.1, -0.05) is 89.0 Å². The molecule has 10 atom stereocenters. The van der Waals surface area contributed by atoms with Crippen molar-refractivity contribution in [1.82, 2.24) is 52.3 Å². The molecule has 0 radical (unpaired) electrons. The Labute approximate surface area is 462 Å². The Morgan fingerprint density at radius 3 is 1.18 bits per heavy atom. The molecule has 2 saturated heterocycles. The molecule has 2 fully saturated rings. The third kappa shape index (κ3) is 16.0. The van der Waals surface area contributed by atoms with Crippen molar-refractivity contribution >= 4 is 88.6 Å². The second-order valence-electron chi connectivity index (χ2n) is 21.9.